The largest absolute Gasteiger partial charge is 0.481 e. The lowest BCUT2D eigenvalue weighted by Gasteiger charge is -2.09. The molecule has 0 radical (unpaired) electrons. The molecule has 0 spiro atoms. The van der Waals surface area contributed by atoms with E-state index in [9.17, 15) is 26.7 Å². The lowest BCUT2D eigenvalue weighted by atomic mass is 10.2. The van der Waals surface area contributed by atoms with Gasteiger partial charge in [-0.15, -0.1) is 11.8 Å². The zero-order valence-corrected chi connectivity index (χ0v) is 9.75. The van der Waals surface area contributed by atoms with Gasteiger partial charge in [0.05, 0.1) is 10.8 Å². The van der Waals surface area contributed by atoms with E-state index in [2.05, 4.69) is 0 Å². The monoisotopic (exact) mass is 286 g/mol. The summed E-state index contributed by atoms with van der Waals surface area (Å²) in [5.74, 6) is -12.7. The number of halogens is 5. The van der Waals surface area contributed by atoms with Crippen LogP contribution in [0.15, 0.2) is 4.90 Å². The molecular weight excluding hydrogens is 279 g/mol. The van der Waals surface area contributed by atoms with E-state index in [1.54, 1.807) is 0 Å². The van der Waals surface area contributed by atoms with Crippen LogP contribution >= 0.6 is 11.8 Å². The molecule has 0 aliphatic carbocycles. The van der Waals surface area contributed by atoms with E-state index in [-0.39, 0.29) is 17.5 Å². The Labute approximate surface area is 103 Å². The minimum Gasteiger partial charge on any atom is -0.481 e. The third-order valence-corrected chi connectivity index (χ3v) is 3.38. The van der Waals surface area contributed by atoms with Crippen LogP contribution in [0, 0.1) is 35.0 Å². The number of aliphatic carboxylic acids is 1. The molecule has 1 unspecified atom stereocenters. The Hall–Kier alpha value is -1.31. The Morgan fingerprint density at radius 3 is 1.83 bits per heavy atom. The van der Waals surface area contributed by atoms with Crippen LogP contribution in [0.1, 0.15) is 6.92 Å². The Morgan fingerprint density at radius 1 is 1.06 bits per heavy atom. The lowest BCUT2D eigenvalue weighted by molar-refractivity contribution is -0.140. The van der Waals surface area contributed by atoms with Gasteiger partial charge in [-0.2, -0.15) is 0 Å². The molecule has 0 heterocycles. The predicted octanol–water partition coefficient (Wildman–Crippen LogP) is 3.19. The average molecular weight is 286 g/mol. The number of hydrogen-bond acceptors (Lipinski definition) is 2. The fourth-order valence-corrected chi connectivity index (χ4v) is 1.98. The molecule has 1 rings (SSSR count). The van der Waals surface area contributed by atoms with Crippen LogP contribution in [-0.4, -0.2) is 16.8 Å². The number of carbonyl (C=O) groups is 1. The van der Waals surface area contributed by atoms with Crippen molar-refractivity contribution in [3.8, 4) is 0 Å². The fourth-order valence-electron chi connectivity index (χ4n) is 0.991. The number of carboxylic acids is 1. The van der Waals surface area contributed by atoms with Gasteiger partial charge in [-0.05, 0) is 0 Å². The summed E-state index contributed by atoms with van der Waals surface area (Å²) in [7, 11) is 0. The lowest BCUT2D eigenvalue weighted by Crippen LogP contribution is -2.12. The van der Waals surface area contributed by atoms with E-state index in [0.717, 1.165) is 0 Å². The van der Waals surface area contributed by atoms with Crippen LogP contribution in [0.5, 0.6) is 0 Å². The summed E-state index contributed by atoms with van der Waals surface area (Å²) in [6.07, 6.45) is 0. The summed E-state index contributed by atoms with van der Waals surface area (Å²) >= 11 is 0.270. The van der Waals surface area contributed by atoms with Crippen LogP contribution in [0.3, 0.4) is 0 Å². The van der Waals surface area contributed by atoms with E-state index in [4.69, 9.17) is 5.11 Å². The van der Waals surface area contributed by atoms with E-state index in [0.29, 0.717) is 0 Å². The quantitative estimate of drug-likeness (QED) is 0.400. The third-order valence-electron chi connectivity index (χ3n) is 2.07. The highest BCUT2D eigenvalue weighted by Gasteiger charge is 2.26. The first-order chi connectivity index (χ1) is 8.27. The molecule has 100 valence electrons. The Bertz CT molecular complexity index is 463. The average Bonchev–Trinajstić information content (AvgIpc) is 2.33. The molecule has 1 aromatic rings. The molecule has 18 heavy (non-hydrogen) atoms. The summed E-state index contributed by atoms with van der Waals surface area (Å²) < 4.78 is 64.6. The van der Waals surface area contributed by atoms with Gasteiger partial charge in [0, 0.05) is 5.75 Å². The summed E-state index contributed by atoms with van der Waals surface area (Å²) in [6, 6.07) is 0. The van der Waals surface area contributed by atoms with Gasteiger partial charge in [-0.25, -0.2) is 22.0 Å². The highest BCUT2D eigenvalue weighted by molar-refractivity contribution is 7.99. The highest BCUT2D eigenvalue weighted by Crippen LogP contribution is 2.31. The van der Waals surface area contributed by atoms with Gasteiger partial charge in [0.2, 0.25) is 5.82 Å². The molecule has 1 N–H and O–H groups in total. The predicted molar refractivity (Wildman–Crippen MR) is 53.8 cm³/mol. The minimum atomic E-state index is -2.24. The van der Waals surface area contributed by atoms with Crippen molar-refractivity contribution in [2.24, 2.45) is 5.92 Å². The zero-order chi connectivity index (χ0) is 14.0. The van der Waals surface area contributed by atoms with Crippen molar-refractivity contribution >= 4 is 17.7 Å². The van der Waals surface area contributed by atoms with Crippen LogP contribution in [0.2, 0.25) is 0 Å². The minimum absolute atomic E-state index is 0.270. The molecule has 0 amide bonds. The first-order valence-corrected chi connectivity index (χ1v) is 5.63. The Morgan fingerprint density at radius 2 is 1.44 bits per heavy atom. The molecule has 8 heteroatoms. The van der Waals surface area contributed by atoms with Crippen LogP contribution in [0.25, 0.3) is 0 Å². The van der Waals surface area contributed by atoms with Gasteiger partial charge in [0.25, 0.3) is 0 Å². The highest BCUT2D eigenvalue weighted by atomic mass is 32.2. The fraction of sp³-hybridized carbons (Fsp3) is 0.300. The molecule has 0 fully saturated rings. The topological polar surface area (TPSA) is 37.3 Å². The van der Waals surface area contributed by atoms with E-state index in [1.807, 2.05) is 0 Å². The summed E-state index contributed by atoms with van der Waals surface area (Å²) in [6.45, 7) is 1.25. The second kappa shape index (κ2) is 5.55. The van der Waals surface area contributed by atoms with Crippen molar-refractivity contribution in [3.63, 3.8) is 0 Å². The normalized spacial score (nSPS) is 12.6. The first-order valence-electron chi connectivity index (χ1n) is 4.64. The maximum Gasteiger partial charge on any atom is 0.307 e. The molecule has 0 bridgehead atoms. The molecular formula is C10H7F5O2S. The standard InChI is InChI=1S/C10H7F5O2S/c1-3(10(16)17)2-18-9-7(14)5(12)4(11)6(13)8(9)15/h3H,2H2,1H3,(H,16,17). The van der Waals surface area contributed by atoms with Crippen molar-refractivity contribution in [2.75, 3.05) is 5.75 Å². The first kappa shape index (κ1) is 14.7. The van der Waals surface area contributed by atoms with E-state index >= 15 is 0 Å². The molecule has 2 nitrogen and oxygen atoms in total. The van der Waals surface area contributed by atoms with Crippen molar-refractivity contribution in [3.05, 3.63) is 29.1 Å². The summed E-state index contributed by atoms with van der Waals surface area (Å²) in [5.41, 5.74) is 0. The molecule has 0 saturated carbocycles. The number of rotatable bonds is 4. The second-order valence-corrected chi connectivity index (χ2v) is 4.48. The molecule has 1 aromatic carbocycles. The number of benzene rings is 1. The number of carboxylic acid groups (broad SMARTS) is 1. The van der Waals surface area contributed by atoms with Crippen molar-refractivity contribution in [1.82, 2.24) is 0 Å². The SMILES string of the molecule is CC(CSc1c(F)c(F)c(F)c(F)c1F)C(=O)O. The second-order valence-electron chi connectivity index (χ2n) is 3.45. The maximum absolute atomic E-state index is 13.2. The molecule has 0 aliphatic rings. The van der Waals surface area contributed by atoms with Crippen LogP contribution in [0.4, 0.5) is 22.0 Å². The summed E-state index contributed by atoms with van der Waals surface area (Å²) in [5, 5.41) is 8.54. The molecule has 0 aliphatic heterocycles. The molecule has 0 saturated heterocycles. The van der Waals surface area contributed by atoms with Gasteiger partial charge >= 0.3 is 5.97 Å². The van der Waals surface area contributed by atoms with E-state index < -0.39 is 45.9 Å². The molecule has 1 atom stereocenters. The number of thioether (sulfide) groups is 1. The van der Waals surface area contributed by atoms with Crippen LogP contribution < -0.4 is 0 Å². The van der Waals surface area contributed by atoms with Crippen molar-refractivity contribution in [1.29, 1.82) is 0 Å². The van der Waals surface area contributed by atoms with Gasteiger partial charge < -0.3 is 5.11 Å². The zero-order valence-electron chi connectivity index (χ0n) is 8.94. The van der Waals surface area contributed by atoms with Crippen LogP contribution in [-0.2, 0) is 4.79 Å². The molecule has 0 aromatic heterocycles. The van der Waals surface area contributed by atoms with Gasteiger partial charge in [0.1, 0.15) is 0 Å². The number of hydrogen-bond donors (Lipinski definition) is 1. The smallest absolute Gasteiger partial charge is 0.307 e. The van der Waals surface area contributed by atoms with Gasteiger partial charge in [0.15, 0.2) is 23.3 Å². The maximum atomic E-state index is 13.2. The Balaban J connectivity index is 3.07. The van der Waals surface area contributed by atoms with Gasteiger partial charge in [-0.3, -0.25) is 4.79 Å². The van der Waals surface area contributed by atoms with Crippen molar-refractivity contribution in [2.45, 2.75) is 11.8 Å². The van der Waals surface area contributed by atoms with E-state index in [1.165, 1.54) is 6.92 Å². The Kier molecular flexibility index (Phi) is 4.55. The summed E-state index contributed by atoms with van der Waals surface area (Å²) in [4.78, 5) is 9.40. The van der Waals surface area contributed by atoms with Crippen molar-refractivity contribution < 1.29 is 31.9 Å². The third kappa shape index (κ3) is 2.74. The van der Waals surface area contributed by atoms with Gasteiger partial charge in [-0.1, -0.05) is 6.92 Å².